The van der Waals surface area contributed by atoms with Crippen LogP contribution in [0.1, 0.15) is 46.5 Å². The average Bonchev–Trinajstić information content (AvgIpc) is 2.46. The van der Waals surface area contributed by atoms with E-state index in [0.29, 0.717) is 37.1 Å². The van der Waals surface area contributed by atoms with Crippen LogP contribution in [-0.4, -0.2) is 53.2 Å². The number of unbranched alkanes of at least 4 members (excludes halogenated alkanes) is 1. The number of ether oxygens (including phenoxy) is 1. The summed E-state index contributed by atoms with van der Waals surface area (Å²) in [4.78, 5) is 0. The first-order chi connectivity index (χ1) is 9.63. The summed E-state index contributed by atoms with van der Waals surface area (Å²) in [5.41, 5.74) is 0. The second-order valence-corrected chi connectivity index (χ2v) is 7.11. The van der Waals surface area contributed by atoms with E-state index in [1.54, 1.807) is 0 Å². The molecular formula is C15H33NO3S. The molecule has 5 heteroatoms. The Morgan fingerprint density at radius 2 is 2.00 bits per heavy atom. The standard InChI is InChI=1S/C15H33NO3S/c1-4-7-8-14(5-2)12-19-13-15(17)11-16-9-10-20(18)6-3/h14-17H,4-13H2,1-3H3. The van der Waals surface area contributed by atoms with Crippen molar-refractivity contribution in [3.8, 4) is 0 Å². The monoisotopic (exact) mass is 307 g/mol. The number of aliphatic hydroxyl groups excluding tert-OH is 1. The molecule has 0 spiro atoms. The lowest BCUT2D eigenvalue weighted by molar-refractivity contribution is 0.0196. The van der Waals surface area contributed by atoms with Crippen LogP contribution in [-0.2, 0) is 15.5 Å². The Morgan fingerprint density at radius 3 is 2.60 bits per heavy atom. The van der Waals surface area contributed by atoms with Crippen LogP contribution >= 0.6 is 0 Å². The molecule has 0 heterocycles. The van der Waals surface area contributed by atoms with Gasteiger partial charge in [0, 0.05) is 42.0 Å². The molecule has 0 amide bonds. The Labute approximate surface area is 127 Å². The van der Waals surface area contributed by atoms with Crippen LogP contribution in [0.2, 0.25) is 0 Å². The van der Waals surface area contributed by atoms with E-state index in [-0.39, 0.29) is 0 Å². The molecule has 0 bridgehead atoms. The minimum absolute atomic E-state index is 0.381. The van der Waals surface area contributed by atoms with Gasteiger partial charge in [0.05, 0.1) is 12.7 Å². The van der Waals surface area contributed by atoms with Crippen molar-refractivity contribution in [1.29, 1.82) is 0 Å². The molecule has 0 fully saturated rings. The summed E-state index contributed by atoms with van der Waals surface area (Å²) in [6.07, 6.45) is 4.35. The zero-order valence-corrected chi connectivity index (χ0v) is 14.2. The van der Waals surface area contributed by atoms with Gasteiger partial charge in [0.25, 0.3) is 0 Å². The van der Waals surface area contributed by atoms with E-state index in [2.05, 4.69) is 19.2 Å². The first-order valence-corrected chi connectivity index (χ1v) is 9.44. The maximum Gasteiger partial charge on any atom is 0.0897 e. The Morgan fingerprint density at radius 1 is 1.25 bits per heavy atom. The van der Waals surface area contributed by atoms with Crippen molar-refractivity contribution in [1.82, 2.24) is 5.32 Å². The van der Waals surface area contributed by atoms with Crippen LogP contribution in [0.5, 0.6) is 0 Å². The fourth-order valence-corrected chi connectivity index (χ4v) is 2.59. The third-order valence-corrected chi connectivity index (χ3v) is 4.72. The van der Waals surface area contributed by atoms with Gasteiger partial charge in [0.2, 0.25) is 0 Å². The van der Waals surface area contributed by atoms with Crippen molar-refractivity contribution in [2.45, 2.75) is 52.6 Å². The largest absolute Gasteiger partial charge is 0.389 e. The van der Waals surface area contributed by atoms with E-state index in [9.17, 15) is 9.32 Å². The van der Waals surface area contributed by atoms with Crippen molar-refractivity contribution >= 4 is 10.8 Å². The summed E-state index contributed by atoms with van der Waals surface area (Å²) >= 11 is 0. The van der Waals surface area contributed by atoms with Gasteiger partial charge in [-0.05, 0) is 12.3 Å². The van der Waals surface area contributed by atoms with E-state index in [1.165, 1.54) is 19.3 Å². The highest BCUT2D eigenvalue weighted by Gasteiger charge is 2.08. The van der Waals surface area contributed by atoms with E-state index in [0.717, 1.165) is 13.0 Å². The molecule has 3 atom stereocenters. The van der Waals surface area contributed by atoms with E-state index >= 15 is 0 Å². The third kappa shape index (κ3) is 11.8. The fourth-order valence-electron chi connectivity index (χ4n) is 1.93. The quantitative estimate of drug-likeness (QED) is 0.482. The minimum atomic E-state index is -0.733. The summed E-state index contributed by atoms with van der Waals surface area (Å²) in [5.74, 6) is 1.96. The highest BCUT2D eigenvalue weighted by molar-refractivity contribution is 7.84. The summed E-state index contributed by atoms with van der Waals surface area (Å²) < 4.78 is 16.8. The van der Waals surface area contributed by atoms with Crippen molar-refractivity contribution in [3.05, 3.63) is 0 Å². The van der Waals surface area contributed by atoms with Crippen LogP contribution in [0.25, 0.3) is 0 Å². The van der Waals surface area contributed by atoms with Gasteiger partial charge in [0.1, 0.15) is 0 Å². The molecule has 122 valence electrons. The molecule has 0 aromatic rings. The molecule has 0 saturated carbocycles. The van der Waals surface area contributed by atoms with Crippen LogP contribution in [0.4, 0.5) is 0 Å². The molecule has 2 N–H and O–H groups in total. The minimum Gasteiger partial charge on any atom is -0.389 e. The molecule has 0 aliphatic rings. The van der Waals surface area contributed by atoms with Gasteiger partial charge in [-0.3, -0.25) is 4.21 Å². The maximum atomic E-state index is 11.2. The molecule has 0 radical (unpaired) electrons. The fraction of sp³-hybridized carbons (Fsp3) is 1.00. The maximum absolute atomic E-state index is 11.2. The molecule has 0 aliphatic carbocycles. The molecule has 0 aromatic carbocycles. The third-order valence-electron chi connectivity index (χ3n) is 3.42. The molecule has 3 unspecified atom stereocenters. The second-order valence-electron chi connectivity index (χ2n) is 5.24. The molecule has 0 aliphatic heterocycles. The number of aliphatic hydroxyl groups is 1. The zero-order valence-electron chi connectivity index (χ0n) is 13.4. The van der Waals surface area contributed by atoms with Crippen LogP contribution in [0.3, 0.4) is 0 Å². The lowest BCUT2D eigenvalue weighted by Gasteiger charge is -2.17. The normalized spacial score (nSPS) is 16.0. The number of hydrogen-bond donors (Lipinski definition) is 2. The molecule has 4 nitrogen and oxygen atoms in total. The lowest BCUT2D eigenvalue weighted by Crippen LogP contribution is -2.33. The molecule has 0 rings (SSSR count). The van der Waals surface area contributed by atoms with Crippen molar-refractivity contribution in [3.63, 3.8) is 0 Å². The summed E-state index contributed by atoms with van der Waals surface area (Å²) in [7, 11) is -0.733. The second kappa shape index (κ2) is 14.0. The van der Waals surface area contributed by atoms with Crippen molar-refractivity contribution < 1.29 is 14.1 Å². The first-order valence-electron chi connectivity index (χ1n) is 7.95. The average molecular weight is 308 g/mol. The zero-order chi connectivity index (χ0) is 15.2. The van der Waals surface area contributed by atoms with E-state index in [1.807, 2.05) is 6.92 Å². The first kappa shape index (κ1) is 20.0. The summed E-state index contributed by atoms with van der Waals surface area (Å²) in [6, 6.07) is 0. The molecule has 0 aromatic heterocycles. The number of rotatable bonds is 14. The Kier molecular flexibility index (Phi) is 14.0. The number of nitrogens with one attached hydrogen (secondary N) is 1. The molecule has 0 saturated heterocycles. The van der Waals surface area contributed by atoms with Gasteiger partial charge in [-0.25, -0.2) is 0 Å². The Hall–Kier alpha value is 0.0300. The van der Waals surface area contributed by atoms with Crippen LogP contribution in [0, 0.1) is 5.92 Å². The topological polar surface area (TPSA) is 58.6 Å². The van der Waals surface area contributed by atoms with Crippen molar-refractivity contribution in [2.24, 2.45) is 5.92 Å². The summed E-state index contributed by atoms with van der Waals surface area (Å²) in [5, 5.41) is 12.9. The van der Waals surface area contributed by atoms with Gasteiger partial charge in [-0.15, -0.1) is 0 Å². The highest BCUT2D eigenvalue weighted by Crippen LogP contribution is 2.12. The predicted molar refractivity (Wildman–Crippen MR) is 86.6 cm³/mol. The van der Waals surface area contributed by atoms with E-state index < -0.39 is 16.9 Å². The lowest BCUT2D eigenvalue weighted by atomic mass is 10.0. The number of hydrogen-bond acceptors (Lipinski definition) is 4. The Bertz CT molecular complexity index is 239. The summed E-state index contributed by atoms with van der Waals surface area (Å²) in [6.45, 7) is 8.63. The van der Waals surface area contributed by atoms with Gasteiger partial charge < -0.3 is 15.2 Å². The molecule has 20 heavy (non-hydrogen) atoms. The molecular weight excluding hydrogens is 274 g/mol. The van der Waals surface area contributed by atoms with Crippen molar-refractivity contribution in [2.75, 3.05) is 37.8 Å². The predicted octanol–water partition coefficient (Wildman–Crippen LogP) is 1.94. The van der Waals surface area contributed by atoms with Crippen LogP contribution < -0.4 is 5.32 Å². The SMILES string of the molecule is CCCCC(CC)COCC(O)CNCCS(=O)CC. The Balaban J connectivity index is 3.51. The van der Waals surface area contributed by atoms with E-state index in [4.69, 9.17) is 4.74 Å². The highest BCUT2D eigenvalue weighted by atomic mass is 32.2. The van der Waals surface area contributed by atoms with Crippen LogP contribution in [0.15, 0.2) is 0 Å². The van der Waals surface area contributed by atoms with Gasteiger partial charge >= 0.3 is 0 Å². The van der Waals surface area contributed by atoms with Gasteiger partial charge in [-0.1, -0.05) is 40.0 Å². The van der Waals surface area contributed by atoms with Gasteiger partial charge in [0.15, 0.2) is 0 Å². The smallest absolute Gasteiger partial charge is 0.0897 e. The van der Waals surface area contributed by atoms with Gasteiger partial charge in [-0.2, -0.15) is 0 Å².